The van der Waals surface area contributed by atoms with Crippen molar-refractivity contribution in [2.45, 2.75) is 45.8 Å². The number of halogens is 1. The molecule has 0 aliphatic rings. The Balaban J connectivity index is 1.54. The molecule has 170 valence electrons. The van der Waals surface area contributed by atoms with E-state index in [9.17, 15) is 9.18 Å². The number of aryl methyl sites for hydroxylation is 2. The maximum Gasteiger partial charge on any atom is 0.156 e. The van der Waals surface area contributed by atoms with E-state index in [0.717, 1.165) is 33.9 Å². The second kappa shape index (κ2) is 10.6. The minimum atomic E-state index is -0.427. The summed E-state index contributed by atoms with van der Waals surface area (Å²) >= 11 is 1.52. The van der Waals surface area contributed by atoms with Crippen molar-refractivity contribution in [3.63, 3.8) is 0 Å². The van der Waals surface area contributed by atoms with Crippen LogP contribution in [0.25, 0.3) is 11.3 Å². The minimum Gasteiger partial charge on any atom is -0.301 e. The van der Waals surface area contributed by atoms with Crippen molar-refractivity contribution in [2.24, 2.45) is 0 Å². The molecule has 0 fully saturated rings. The number of benzene rings is 1. The summed E-state index contributed by atoms with van der Waals surface area (Å²) in [6.07, 6.45) is 2.49. The van der Waals surface area contributed by atoms with Crippen LogP contribution in [-0.2, 0) is 30.7 Å². The number of thiazole rings is 1. The van der Waals surface area contributed by atoms with Crippen LogP contribution < -0.4 is 5.32 Å². The molecular formula is C25H26FN5OS. The molecule has 8 heteroatoms. The molecule has 1 atom stereocenters. The number of nitrogens with one attached hydrogen (secondary N) is 1. The van der Waals surface area contributed by atoms with E-state index in [1.165, 1.54) is 23.5 Å². The van der Waals surface area contributed by atoms with E-state index < -0.39 is 6.04 Å². The highest BCUT2D eigenvalue weighted by molar-refractivity contribution is 7.07. The van der Waals surface area contributed by atoms with E-state index in [1.54, 1.807) is 23.8 Å². The molecule has 0 saturated carbocycles. The molecule has 3 aromatic heterocycles. The Hall–Kier alpha value is -3.23. The van der Waals surface area contributed by atoms with Crippen LogP contribution in [0, 0.1) is 12.7 Å². The van der Waals surface area contributed by atoms with Crippen LogP contribution in [0.4, 0.5) is 4.39 Å². The number of pyridine rings is 1. The molecule has 1 N–H and O–H groups in total. The van der Waals surface area contributed by atoms with Gasteiger partial charge in [-0.15, -0.1) is 11.3 Å². The molecule has 1 aromatic carbocycles. The van der Waals surface area contributed by atoms with Gasteiger partial charge in [0.15, 0.2) is 5.78 Å². The lowest BCUT2D eigenvalue weighted by Gasteiger charge is -2.18. The van der Waals surface area contributed by atoms with Gasteiger partial charge in [0.25, 0.3) is 0 Å². The lowest BCUT2D eigenvalue weighted by Crippen LogP contribution is -2.39. The first-order valence-corrected chi connectivity index (χ1v) is 11.8. The number of Topliss-reactive ketones (excluding diaryl/α,β-unsaturated/α-hetero) is 1. The Morgan fingerprint density at radius 2 is 2.00 bits per heavy atom. The first kappa shape index (κ1) is 22.9. The molecule has 6 nitrogen and oxygen atoms in total. The van der Waals surface area contributed by atoms with Crippen molar-refractivity contribution in [2.75, 3.05) is 0 Å². The molecule has 0 radical (unpaired) electrons. The van der Waals surface area contributed by atoms with Crippen LogP contribution in [0.2, 0.25) is 0 Å². The topological polar surface area (TPSA) is 72.7 Å². The third-order valence-corrected chi connectivity index (χ3v) is 6.10. The number of aromatic nitrogens is 4. The van der Waals surface area contributed by atoms with Crippen molar-refractivity contribution in [1.82, 2.24) is 25.1 Å². The number of hydrogen-bond acceptors (Lipinski definition) is 6. The molecule has 0 spiro atoms. The quantitative estimate of drug-likeness (QED) is 0.378. The fourth-order valence-electron chi connectivity index (χ4n) is 3.73. The fourth-order valence-corrected chi connectivity index (χ4v) is 4.29. The van der Waals surface area contributed by atoms with Crippen molar-refractivity contribution < 1.29 is 9.18 Å². The van der Waals surface area contributed by atoms with Gasteiger partial charge >= 0.3 is 0 Å². The summed E-state index contributed by atoms with van der Waals surface area (Å²) in [5.41, 5.74) is 7.16. The molecule has 0 aliphatic carbocycles. The Kier molecular flexibility index (Phi) is 7.36. The molecule has 4 aromatic rings. The van der Waals surface area contributed by atoms with Gasteiger partial charge in [-0.2, -0.15) is 5.10 Å². The van der Waals surface area contributed by atoms with E-state index in [4.69, 9.17) is 5.10 Å². The lowest BCUT2D eigenvalue weighted by atomic mass is 9.99. The van der Waals surface area contributed by atoms with Gasteiger partial charge in [-0.25, -0.2) is 9.37 Å². The van der Waals surface area contributed by atoms with Crippen LogP contribution >= 0.6 is 11.3 Å². The first-order chi connectivity index (χ1) is 16.0. The van der Waals surface area contributed by atoms with Crippen LogP contribution in [0.5, 0.6) is 0 Å². The monoisotopic (exact) mass is 463 g/mol. The van der Waals surface area contributed by atoms with Gasteiger partial charge in [0, 0.05) is 41.6 Å². The molecular weight excluding hydrogens is 437 g/mol. The second-order valence-electron chi connectivity index (χ2n) is 7.91. The molecule has 0 bridgehead atoms. The van der Waals surface area contributed by atoms with Gasteiger partial charge in [0.2, 0.25) is 0 Å². The van der Waals surface area contributed by atoms with Gasteiger partial charge in [-0.1, -0.05) is 12.1 Å². The SMILES string of the molecule is CCn1nc(-c2ccnc(C)c2)cc1CC(=O)[C@H](Cc1ccc(F)cc1)NCc1cscn1. The largest absolute Gasteiger partial charge is 0.301 e. The molecule has 4 rings (SSSR count). The van der Waals surface area contributed by atoms with Crippen LogP contribution in [0.1, 0.15) is 29.6 Å². The summed E-state index contributed by atoms with van der Waals surface area (Å²) in [7, 11) is 0. The van der Waals surface area contributed by atoms with E-state index in [2.05, 4.69) is 15.3 Å². The predicted octanol–water partition coefficient (Wildman–Crippen LogP) is 4.38. The Morgan fingerprint density at radius 1 is 1.18 bits per heavy atom. The maximum absolute atomic E-state index is 13.4. The second-order valence-corrected chi connectivity index (χ2v) is 8.63. The van der Waals surface area contributed by atoms with E-state index in [-0.39, 0.29) is 18.0 Å². The highest BCUT2D eigenvalue weighted by Crippen LogP contribution is 2.20. The van der Waals surface area contributed by atoms with E-state index in [0.29, 0.717) is 19.5 Å². The maximum atomic E-state index is 13.4. The molecule has 0 aliphatic heterocycles. The third-order valence-electron chi connectivity index (χ3n) is 5.47. The summed E-state index contributed by atoms with van der Waals surface area (Å²) in [5, 5.41) is 10.0. The van der Waals surface area contributed by atoms with Gasteiger partial charge in [-0.05, 0) is 56.2 Å². The zero-order chi connectivity index (χ0) is 23.2. The van der Waals surface area contributed by atoms with Crippen molar-refractivity contribution >= 4 is 17.1 Å². The van der Waals surface area contributed by atoms with Gasteiger partial charge in [0.1, 0.15) is 5.82 Å². The molecule has 0 unspecified atom stereocenters. The van der Waals surface area contributed by atoms with Gasteiger partial charge in [0.05, 0.1) is 29.4 Å². The number of carbonyl (C=O) groups excluding carboxylic acids is 1. The average Bonchev–Trinajstić information content (AvgIpc) is 3.47. The van der Waals surface area contributed by atoms with Crippen molar-refractivity contribution in [1.29, 1.82) is 0 Å². The van der Waals surface area contributed by atoms with Crippen LogP contribution in [0.15, 0.2) is 59.6 Å². The number of ketones is 1. The summed E-state index contributed by atoms with van der Waals surface area (Å²) in [6, 6.07) is 11.8. The normalized spacial score (nSPS) is 12.1. The van der Waals surface area contributed by atoms with Crippen LogP contribution in [0.3, 0.4) is 0 Å². The zero-order valence-corrected chi connectivity index (χ0v) is 19.5. The Labute approximate surface area is 196 Å². The number of hydrogen-bond donors (Lipinski definition) is 1. The van der Waals surface area contributed by atoms with Crippen molar-refractivity contribution in [3.05, 3.63) is 88.0 Å². The van der Waals surface area contributed by atoms with Gasteiger partial charge in [-0.3, -0.25) is 14.5 Å². The fraction of sp³-hybridized carbons (Fsp3) is 0.280. The summed E-state index contributed by atoms with van der Waals surface area (Å²) in [5.74, 6) is -0.232. The first-order valence-electron chi connectivity index (χ1n) is 10.9. The number of carbonyl (C=O) groups is 1. The van der Waals surface area contributed by atoms with E-state index >= 15 is 0 Å². The standard InChI is InChI=1S/C25H26FN5OS/c1-3-31-22(12-23(30-31)19-8-9-27-17(2)10-19)13-25(32)24(28-14-21-15-33-16-29-21)11-18-4-6-20(26)7-5-18/h4-10,12,15-16,24,28H,3,11,13-14H2,1-2H3/t24-/m0/s1. The Morgan fingerprint density at radius 3 is 2.70 bits per heavy atom. The minimum absolute atomic E-state index is 0.0570. The third kappa shape index (κ3) is 5.97. The summed E-state index contributed by atoms with van der Waals surface area (Å²) in [6.45, 7) is 5.12. The molecule has 33 heavy (non-hydrogen) atoms. The van der Waals surface area contributed by atoms with Gasteiger partial charge < -0.3 is 5.32 Å². The average molecular weight is 464 g/mol. The lowest BCUT2D eigenvalue weighted by molar-refractivity contribution is -0.120. The molecule has 0 saturated heterocycles. The zero-order valence-electron chi connectivity index (χ0n) is 18.7. The predicted molar refractivity (Wildman–Crippen MR) is 127 cm³/mol. The summed E-state index contributed by atoms with van der Waals surface area (Å²) in [4.78, 5) is 22.0. The number of nitrogens with zero attached hydrogens (tertiary/aromatic N) is 4. The van der Waals surface area contributed by atoms with E-state index in [1.807, 2.05) is 42.1 Å². The summed E-state index contributed by atoms with van der Waals surface area (Å²) < 4.78 is 15.2. The Bertz CT molecular complexity index is 1200. The number of rotatable bonds is 10. The van der Waals surface area contributed by atoms with Crippen LogP contribution in [-0.4, -0.2) is 31.6 Å². The molecule has 3 heterocycles. The van der Waals surface area contributed by atoms with Crippen molar-refractivity contribution in [3.8, 4) is 11.3 Å². The smallest absolute Gasteiger partial charge is 0.156 e. The highest BCUT2D eigenvalue weighted by Gasteiger charge is 2.22. The highest BCUT2D eigenvalue weighted by atomic mass is 32.1. The molecule has 0 amide bonds.